The lowest BCUT2D eigenvalue weighted by atomic mass is 10.2. The predicted octanol–water partition coefficient (Wildman–Crippen LogP) is 2.55. The second kappa shape index (κ2) is 10.4. The molecule has 3 heterocycles. The zero-order valence-corrected chi connectivity index (χ0v) is 22.6. The van der Waals surface area contributed by atoms with Gasteiger partial charge in [0.25, 0.3) is 5.91 Å². The van der Waals surface area contributed by atoms with Crippen LogP contribution in [0.5, 0.6) is 0 Å². The minimum Gasteiger partial charge on any atom is -0.379 e. The minimum absolute atomic E-state index is 0.116. The predicted molar refractivity (Wildman–Crippen MR) is 139 cm³/mol. The SMILES string of the molecule is CS(=O)(=O)c1ccc2nc(N(CC3CCCO3)C(=O)c3ccc(S(=O)(=O)N4CCOCC4)cc3)sc2c1. The highest BCUT2D eigenvalue weighted by molar-refractivity contribution is 7.90. The van der Waals surface area contributed by atoms with E-state index in [-0.39, 0.29) is 41.4 Å². The highest BCUT2D eigenvalue weighted by Gasteiger charge is 2.29. The average Bonchev–Trinajstić information content (AvgIpc) is 3.56. The molecule has 13 heteroatoms. The zero-order chi connectivity index (χ0) is 26.2. The normalized spacial score (nSPS) is 19.3. The van der Waals surface area contributed by atoms with Crippen molar-refractivity contribution < 1.29 is 31.1 Å². The van der Waals surface area contributed by atoms with Crippen LogP contribution in [0.4, 0.5) is 5.13 Å². The number of ether oxygens (including phenoxy) is 2. The summed E-state index contributed by atoms with van der Waals surface area (Å²) in [5, 5.41) is 0.422. The number of sulfone groups is 1. The van der Waals surface area contributed by atoms with Crippen molar-refractivity contribution in [2.24, 2.45) is 0 Å². The van der Waals surface area contributed by atoms with Crippen LogP contribution in [0.2, 0.25) is 0 Å². The van der Waals surface area contributed by atoms with Gasteiger partial charge < -0.3 is 9.47 Å². The van der Waals surface area contributed by atoms with Crippen molar-refractivity contribution in [2.45, 2.75) is 28.7 Å². The Balaban J connectivity index is 1.45. The van der Waals surface area contributed by atoms with Crippen molar-refractivity contribution in [3.8, 4) is 0 Å². The van der Waals surface area contributed by atoms with Crippen LogP contribution in [0.3, 0.4) is 0 Å². The monoisotopic (exact) mass is 565 g/mol. The Kier molecular flexibility index (Phi) is 7.35. The molecule has 3 aromatic rings. The third-order valence-electron chi connectivity index (χ3n) is 6.37. The van der Waals surface area contributed by atoms with E-state index in [0.29, 0.717) is 40.7 Å². The molecule has 198 valence electrons. The lowest BCUT2D eigenvalue weighted by Gasteiger charge is -2.26. The van der Waals surface area contributed by atoms with Gasteiger partial charge in [0.1, 0.15) is 0 Å². The molecule has 0 radical (unpaired) electrons. The van der Waals surface area contributed by atoms with E-state index in [9.17, 15) is 21.6 Å². The highest BCUT2D eigenvalue weighted by atomic mass is 32.2. The van der Waals surface area contributed by atoms with Gasteiger partial charge in [-0.25, -0.2) is 21.8 Å². The van der Waals surface area contributed by atoms with Gasteiger partial charge in [-0.15, -0.1) is 0 Å². The Hall–Kier alpha value is -2.42. The third-order valence-corrected chi connectivity index (χ3v) is 10.4. The zero-order valence-electron chi connectivity index (χ0n) is 20.2. The molecule has 0 saturated carbocycles. The summed E-state index contributed by atoms with van der Waals surface area (Å²) in [5.74, 6) is -0.340. The first-order chi connectivity index (χ1) is 17.6. The van der Waals surface area contributed by atoms with Crippen LogP contribution in [0.1, 0.15) is 23.2 Å². The summed E-state index contributed by atoms with van der Waals surface area (Å²) in [6.07, 6.45) is 2.71. The molecule has 1 atom stereocenters. The minimum atomic E-state index is -3.68. The fourth-order valence-electron chi connectivity index (χ4n) is 4.34. The van der Waals surface area contributed by atoms with Crippen molar-refractivity contribution >= 4 is 52.5 Å². The molecule has 1 amide bonds. The summed E-state index contributed by atoms with van der Waals surface area (Å²) < 4.78 is 62.9. The lowest BCUT2D eigenvalue weighted by Crippen LogP contribution is -2.40. The van der Waals surface area contributed by atoms with E-state index in [1.165, 1.54) is 50.9 Å². The number of thiazole rings is 1. The number of carbonyl (C=O) groups is 1. The molecule has 0 N–H and O–H groups in total. The van der Waals surface area contributed by atoms with Gasteiger partial charge in [-0.3, -0.25) is 9.69 Å². The maximum Gasteiger partial charge on any atom is 0.260 e. The van der Waals surface area contributed by atoms with Crippen molar-refractivity contribution in [2.75, 3.05) is 50.6 Å². The summed E-state index contributed by atoms with van der Waals surface area (Å²) in [5.41, 5.74) is 0.902. The number of amides is 1. The van der Waals surface area contributed by atoms with E-state index >= 15 is 0 Å². The largest absolute Gasteiger partial charge is 0.379 e. The van der Waals surface area contributed by atoms with E-state index in [2.05, 4.69) is 4.98 Å². The van der Waals surface area contributed by atoms with Crippen LogP contribution in [0, 0.1) is 0 Å². The Bertz CT molecular complexity index is 1510. The average molecular weight is 566 g/mol. The van der Waals surface area contributed by atoms with Crippen LogP contribution in [0.15, 0.2) is 52.3 Å². The van der Waals surface area contributed by atoms with Gasteiger partial charge in [0.15, 0.2) is 15.0 Å². The number of benzene rings is 2. The molecule has 1 unspecified atom stereocenters. The maximum absolute atomic E-state index is 13.7. The number of morpholine rings is 1. The van der Waals surface area contributed by atoms with Crippen LogP contribution < -0.4 is 4.90 Å². The van der Waals surface area contributed by atoms with E-state index in [1.54, 1.807) is 12.1 Å². The van der Waals surface area contributed by atoms with E-state index in [1.807, 2.05) is 0 Å². The maximum atomic E-state index is 13.7. The summed E-state index contributed by atoms with van der Waals surface area (Å²) in [4.78, 5) is 20.1. The second-order valence-electron chi connectivity index (χ2n) is 8.99. The number of hydrogen-bond donors (Lipinski definition) is 0. The smallest absolute Gasteiger partial charge is 0.260 e. The van der Waals surface area contributed by atoms with Crippen molar-refractivity contribution in [1.29, 1.82) is 0 Å². The van der Waals surface area contributed by atoms with E-state index in [4.69, 9.17) is 9.47 Å². The van der Waals surface area contributed by atoms with Crippen LogP contribution >= 0.6 is 11.3 Å². The van der Waals surface area contributed by atoms with Gasteiger partial charge in [0, 0.05) is 31.5 Å². The van der Waals surface area contributed by atoms with Crippen molar-refractivity contribution in [3.63, 3.8) is 0 Å². The quantitative estimate of drug-likeness (QED) is 0.428. The molecule has 2 aliphatic rings. The fourth-order valence-corrected chi connectivity index (χ4v) is 7.48. The number of aromatic nitrogens is 1. The summed E-state index contributed by atoms with van der Waals surface area (Å²) in [6, 6.07) is 10.6. The van der Waals surface area contributed by atoms with E-state index < -0.39 is 19.9 Å². The summed E-state index contributed by atoms with van der Waals surface area (Å²) >= 11 is 1.23. The standard InChI is InChI=1S/C24H27N3O7S3/c1-36(29,30)20-8-9-21-22(15-20)35-24(25-21)27(16-18-3-2-12-34-18)23(28)17-4-6-19(7-5-17)37(31,32)26-10-13-33-14-11-26/h4-9,15,18H,2-3,10-14,16H2,1H3. The Morgan fingerprint density at radius 1 is 1.05 bits per heavy atom. The van der Waals surface area contributed by atoms with Crippen LogP contribution in [0.25, 0.3) is 10.2 Å². The molecule has 2 aromatic carbocycles. The Morgan fingerprint density at radius 3 is 2.41 bits per heavy atom. The number of sulfonamides is 1. The number of anilines is 1. The number of nitrogens with zero attached hydrogens (tertiary/aromatic N) is 3. The molecule has 5 rings (SSSR count). The number of rotatable bonds is 7. The number of hydrogen-bond acceptors (Lipinski definition) is 9. The molecule has 2 aliphatic heterocycles. The molecular formula is C24H27N3O7S3. The van der Waals surface area contributed by atoms with Crippen molar-refractivity contribution in [3.05, 3.63) is 48.0 Å². The first kappa shape index (κ1) is 26.2. The molecule has 0 spiro atoms. The van der Waals surface area contributed by atoms with Crippen LogP contribution in [-0.4, -0.2) is 83.8 Å². The van der Waals surface area contributed by atoms with Crippen molar-refractivity contribution in [1.82, 2.24) is 9.29 Å². The molecule has 1 aromatic heterocycles. The first-order valence-corrected chi connectivity index (χ1v) is 16.0. The first-order valence-electron chi connectivity index (χ1n) is 11.8. The molecule has 0 aliphatic carbocycles. The molecule has 2 fully saturated rings. The highest BCUT2D eigenvalue weighted by Crippen LogP contribution is 2.32. The van der Waals surface area contributed by atoms with Gasteiger partial charge in [-0.2, -0.15) is 4.31 Å². The van der Waals surface area contributed by atoms with Gasteiger partial charge >= 0.3 is 0 Å². The molecule has 37 heavy (non-hydrogen) atoms. The molecular weight excluding hydrogens is 538 g/mol. The topological polar surface area (TPSA) is 123 Å². The molecule has 0 bridgehead atoms. The molecule has 10 nitrogen and oxygen atoms in total. The second-order valence-corrected chi connectivity index (χ2v) is 14.0. The van der Waals surface area contributed by atoms with Gasteiger partial charge in [-0.1, -0.05) is 11.3 Å². The Morgan fingerprint density at radius 2 is 1.76 bits per heavy atom. The number of fused-ring (bicyclic) bond motifs is 1. The van der Waals surface area contributed by atoms with Gasteiger partial charge in [0.2, 0.25) is 10.0 Å². The summed E-state index contributed by atoms with van der Waals surface area (Å²) in [6.45, 7) is 2.18. The fraction of sp³-hybridized carbons (Fsp3) is 0.417. The Labute approximate surface area is 219 Å². The van der Waals surface area contributed by atoms with E-state index in [0.717, 1.165) is 19.1 Å². The van der Waals surface area contributed by atoms with Gasteiger partial charge in [-0.05, 0) is 55.3 Å². The lowest BCUT2D eigenvalue weighted by molar-refractivity contribution is 0.0730. The number of carbonyl (C=O) groups excluding carboxylic acids is 1. The third kappa shape index (κ3) is 5.56. The van der Waals surface area contributed by atoms with Crippen LogP contribution in [-0.2, 0) is 29.3 Å². The molecule has 2 saturated heterocycles. The summed E-state index contributed by atoms with van der Waals surface area (Å²) in [7, 11) is -7.07. The van der Waals surface area contributed by atoms with Gasteiger partial charge in [0.05, 0.1) is 45.9 Å².